The number of ether oxygens (including phenoxy) is 1. The van der Waals surface area contributed by atoms with E-state index >= 15 is 0 Å². The van der Waals surface area contributed by atoms with Gasteiger partial charge in [0.25, 0.3) is 0 Å². The molecule has 0 amide bonds. The van der Waals surface area contributed by atoms with Crippen molar-refractivity contribution >= 4 is 11.6 Å². The molecule has 1 aromatic carbocycles. The minimum absolute atomic E-state index is 0.177. The second-order valence-electron chi connectivity index (χ2n) is 3.39. The molecule has 5 heteroatoms. The molecule has 1 heterocycles. The number of morpholine rings is 1. The molecular formula is C10H12ClNO3. The van der Waals surface area contributed by atoms with Crippen LogP contribution in [-0.2, 0) is 4.74 Å². The molecule has 3 N–H and O–H groups in total. The molecule has 0 radical (unpaired) electrons. The Kier molecular flexibility index (Phi) is 3.00. The average molecular weight is 230 g/mol. The summed E-state index contributed by atoms with van der Waals surface area (Å²) >= 11 is 5.96. The first-order valence-electron chi connectivity index (χ1n) is 4.73. The van der Waals surface area contributed by atoms with E-state index in [2.05, 4.69) is 5.32 Å². The minimum Gasteiger partial charge on any atom is -0.504 e. The highest BCUT2D eigenvalue weighted by atomic mass is 35.5. The molecule has 1 unspecified atom stereocenters. The summed E-state index contributed by atoms with van der Waals surface area (Å²) < 4.78 is 5.46. The molecule has 0 spiro atoms. The van der Waals surface area contributed by atoms with Crippen LogP contribution < -0.4 is 5.32 Å². The lowest BCUT2D eigenvalue weighted by molar-refractivity contribution is 0.0262. The first-order valence-corrected chi connectivity index (χ1v) is 5.10. The molecule has 82 valence electrons. The average Bonchev–Trinajstić information content (AvgIpc) is 2.26. The fraction of sp³-hybridized carbons (Fsp3) is 0.400. The molecule has 2 rings (SSSR count). The third-order valence-electron chi connectivity index (χ3n) is 2.39. The number of benzene rings is 1. The quantitative estimate of drug-likeness (QED) is 0.638. The zero-order chi connectivity index (χ0) is 10.8. The number of phenolic OH excluding ortho intramolecular Hbond substituents is 2. The Morgan fingerprint density at radius 3 is 2.87 bits per heavy atom. The van der Waals surface area contributed by atoms with Crippen LogP contribution in [0, 0.1) is 0 Å². The maximum Gasteiger partial charge on any atom is 0.164 e. The molecular weight excluding hydrogens is 218 g/mol. The third-order valence-corrected chi connectivity index (χ3v) is 2.72. The van der Waals surface area contributed by atoms with Crippen LogP contribution in [0.25, 0.3) is 0 Å². The zero-order valence-electron chi connectivity index (χ0n) is 8.03. The fourth-order valence-electron chi connectivity index (χ4n) is 1.63. The van der Waals surface area contributed by atoms with Crippen LogP contribution in [0.4, 0.5) is 0 Å². The molecule has 0 aliphatic carbocycles. The monoisotopic (exact) mass is 229 g/mol. The molecule has 1 aliphatic rings. The van der Waals surface area contributed by atoms with Crippen LogP contribution >= 0.6 is 11.6 Å². The van der Waals surface area contributed by atoms with E-state index in [1.807, 2.05) is 0 Å². The summed E-state index contributed by atoms with van der Waals surface area (Å²) in [4.78, 5) is 0. The van der Waals surface area contributed by atoms with Crippen molar-refractivity contribution in [1.29, 1.82) is 0 Å². The Hall–Kier alpha value is -0.970. The molecule has 1 fully saturated rings. The van der Waals surface area contributed by atoms with Crippen molar-refractivity contribution in [2.24, 2.45) is 0 Å². The van der Waals surface area contributed by atoms with Crippen molar-refractivity contribution in [2.75, 3.05) is 19.7 Å². The lowest BCUT2D eigenvalue weighted by atomic mass is 10.1. The van der Waals surface area contributed by atoms with Gasteiger partial charge in [-0.2, -0.15) is 0 Å². The number of hydrogen-bond donors (Lipinski definition) is 3. The number of hydrogen-bond acceptors (Lipinski definition) is 4. The maximum atomic E-state index is 9.69. The van der Waals surface area contributed by atoms with E-state index in [1.54, 1.807) is 6.07 Å². The molecule has 0 saturated carbocycles. The van der Waals surface area contributed by atoms with Crippen LogP contribution in [0.1, 0.15) is 11.7 Å². The molecule has 0 bridgehead atoms. The van der Waals surface area contributed by atoms with Crippen molar-refractivity contribution in [3.8, 4) is 11.5 Å². The van der Waals surface area contributed by atoms with E-state index in [1.165, 1.54) is 6.07 Å². The molecule has 1 atom stereocenters. The van der Waals surface area contributed by atoms with Gasteiger partial charge in [0.15, 0.2) is 11.5 Å². The molecule has 1 saturated heterocycles. The van der Waals surface area contributed by atoms with Crippen molar-refractivity contribution in [2.45, 2.75) is 6.10 Å². The van der Waals surface area contributed by atoms with Crippen LogP contribution in [0.15, 0.2) is 12.1 Å². The lowest BCUT2D eigenvalue weighted by Gasteiger charge is -2.25. The molecule has 0 aromatic heterocycles. The number of halogens is 1. The SMILES string of the molecule is Oc1ccc(Cl)c(C2CNCCO2)c1O. The molecule has 1 aliphatic heterocycles. The third kappa shape index (κ3) is 2.02. The second-order valence-corrected chi connectivity index (χ2v) is 3.80. The lowest BCUT2D eigenvalue weighted by Crippen LogP contribution is -2.33. The zero-order valence-corrected chi connectivity index (χ0v) is 8.79. The highest BCUT2D eigenvalue weighted by Gasteiger charge is 2.23. The van der Waals surface area contributed by atoms with E-state index in [9.17, 15) is 10.2 Å². The van der Waals surface area contributed by atoms with Gasteiger partial charge in [-0.05, 0) is 12.1 Å². The van der Waals surface area contributed by atoms with Crippen molar-refractivity contribution < 1.29 is 14.9 Å². The van der Waals surface area contributed by atoms with Crippen LogP contribution in [0.2, 0.25) is 5.02 Å². The summed E-state index contributed by atoms with van der Waals surface area (Å²) in [5.41, 5.74) is 0.448. The Labute approximate surface area is 92.4 Å². The Bertz CT molecular complexity index is 364. The predicted molar refractivity (Wildman–Crippen MR) is 56.3 cm³/mol. The summed E-state index contributed by atoms with van der Waals surface area (Å²) in [7, 11) is 0. The van der Waals surface area contributed by atoms with Crippen molar-refractivity contribution in [3.63, 3.8) is 0 Å². The second kappa shape index (κ2) is 4.26. The van der Waals surface area contributed by atoms with Crippen LogP contribution in [0.5, 0.6) is 11.5 Å². The Morgan fingerprint density at radius 1 is 1.40 bits per heavy atom. The Balaban J connectivity index is 2.36. The normalized spacial score (nSPS) is 21.5. The van der Waals surface area contributed by atoms with Gasteiger partial charge in [-0.1, -0.05) is 11.6 Å². The number of rotatable bonds is 1. The maximum absolute atomic E-state index is 9.69. The standard InChI is InChI=1S/C10H12ClNO3/c11-6-1-2-7(13)10(14)9(6)8-5-12-3-4-15-8/h1-2,8,12-14H,3-5H2. The molecule has 4 nitrogen and oxygen atoms in total. The first-order chi connectivity index (χ1) is 7.20. The summed E-state index contributed by atoms with van der Waals surface area (Å²) in [6.45, 7) is 1.93. The summed E-state index contributed by atoms with van der Waals surface area (Å²) in [5, 5.41) is 22.6. The van der Waals surface area contributed by atoms with Crippen LogP contribution in [0.3, 0.4) is 0 Å². The van der Waals surface area contributed by atoms with E-state index in [0.717, 1.165) is 6.54 Å². The van der Waals surface area contributed by atoms with Gasteiger partial charge in [0, 0.05) is 18.7 Å². The van der Waals surface area contributed by atoms with Gasteiger partial charge in [-0.25, -0.2) is 0 Å². The van der Waals surface area contributed by atoms with Gasteiger partial charge in [-0.3, -0.25) is 0 Å². The summed E-state index contributed by atoms with van der Waals surface area (Å²) in [5.74, 6) is -0.375. The number of aromatic hydroxyl groups is 2. The van der Waals surface area contributed by atoms with Crippen LogP contribution in [-0.4, -0.2) is 29.9 Å². The minimum atomic E-state index is -0.307. The van der Waals surface area contributed by atoms with E-state index in [4.69, 9.17) is 16.3 Å². The van der Waals surface area contributed by atoms with Gasteiger partial charge < -0.3 is 20.3 Å². The van der Waals surface area contributed by atoms with Gasteiger partial charge in [-0.15, -0.1) is 0 Å². The van der Waals surface area contributed by atoms with Gasteiger partial charge in [0.2, 0.25) is 0 Å². The predicted octanol–water partition coefficient (Wildman–Crippen LogP) is 1.41. The number of phenols is 2. The molecule has 15 heavy (non-hydrogen) atoms. The largest absolute Gasteiger partial charge is 0.504 e. The summed E-state index contributed by atoms with van der Waals surface area (Å²) in [6.07, 6.45) is -0.307. The van der Waals surface area contributed by atoms with E-state index in [-0.39, 0.29) is 17.6 Å². The fourth-order valence-corrected chi connectivity index (χ4v) is 1.90. The smallest absolute Gasteiger partial charge is 0.164 e. The highest BCUT2D eigenvalue weighted by molar-refractivity contribution is 6.31. The Morgan fingerprint density at radius 2 is 2.20 bits per heavy atom. The van der Waals surface area contributed by atoms with Gasteiger partial charge >= 0.3 is 0 Å². The van der Waals surface area contributed by atoms with Crippen molar-refractivity contribution in [1.82, 2.24) is 5.32 Å². The van der Waals surface area contributed by atoms with Gasteiger partial charge in [0.05, 0.1) is 11.6 Å². The topological polar surface area (TPSA) is 61.7 Å². The van der Waals surface area contributed by atoms with E-state index < -0.39 is 0 Å². The molecule has 1 aromatic rings. The highest BCUT2D eigenvalue weighted by Crippen LogP contribution is 2.39. The number of nitrogens with one attached hydrogen (secondary N) is 1. The van der Waals surface area contributed by atoms with Gasteiger partial charge in [0.1, 0.15) is 6.10 Å². The van der Waals surface area contributed by atoms with Crippen molar-refractivity contribution in [3.05, 3.63) is 22.7 Å². The van der Waals surface area contributed by atoms with E-state index in [0.29, 0.717) is 23.7 Å². The first kappa shape index (κ1) is 10.5. The summed E-state index contributed by atoms with van der Waals surface area (Å²) in [6, 6.07) is 2.90.